The molecule has 0 radical (unpaired) electrons. The van der Waals surface area contributed by atoms with Crippen molar-refractivity contribution < 1.29 is 0 Å². The van der Waals surface area contributed by atoms with E-state index in [1.807, 2.05) is 29.6 Å². The summed E-state index contributed by atoms with van der Waals surface area (Å²) in [5.74, 6) is 0.615. The summed E-state index contributed by atoms with van der Waals surface area (Å²) in [5.41, 5.74) is 2.16. The van der Waals surface area contributed by atoms with Crippen LogP contribution in [0.25, 0.3) is 10.6 Å². The zero-order chi connectivity index (χ0) is 10.7. The van der Waals surface area contributed by atoms with Crippen LogP contribution >= 0.6 is 34.5 Å². The summed E-state index contributed by atoms with van der Waals surface area (Å²) < 4.78 is 0. The highest BCUT2D eigenvalue weighted by atomic mass is 35.5. The highest BCUT2D eigenvalue weighted by molar-refractivity contribution is 7.13. The molecule has 0 bridgehead atoms. The van der Waals surface area contributed by atoms with E-state index in [1.165, 1.54) is 0 Å². The molecule has 0 aliphatic heterocycles. The molecule has 78 valence electrons. The second-order valence-electron chi connectivity index (χ2n) is 3.09. The molecule has 2 rings (SSSR count). The van der Waals surface area contributed by atoms with Crippen molar-refractivity contribution in [1.82, 2.24) is 4.98 Å². The van der Waals surface area contributed by atoms with Crippen molar-refractivity contribution in [1.29, 1.82) is 0 Å². The van der Waals surface area contributed by atoms with Gasteiger partial charge in [0.1, 0.15) is 5.01 Å². The molecule has 0 aliphatic carbocycles. The first-order chi connectivity index (χ1) is 7.29. The molecule has 1 nitrogen and oxygen atoms in total. The number of aromatic nitrogens is 1. The number of hydrogen-bond donors (Lipinski definition) is 0. The highest BCUT2D eigenvalue weighted by Crippen LogP contribution is 2.25. The molecule has 15 heavy (non-hydrogen) atoms. The van der Waals surface area contributed by atoms with Crippen molar-refractivity contribution in [3.63, 3.8) is 0 Å². The molecule has 1 heterocycles. The van der Waals surface area contributed by atoms with E-state index in [2.05, 4.69) is 4.98 Å². The lowest BCUT2D eigenvalue weighted by Gasteiger charge is -1.95. The second-order valence-corrected chi connectivity index (χ2v) is 4.76. The number of thiazole rings is 1. The average molecular weight is 258 g/mol. The van der Waals surface area contributed by atoms with Crippen molar-refractivity contribution in [3.05, 3.63) is 40.4 Å². The summed E-state index contributed by atoms with van der Waals surface area (Å²) in [6, 6.07) is 7.70. The topological polar surface area (TPSA) is 12.9 Å². The number of hydrogen-bond acceptors (Lipinski definition) is 2. The first-order valence-corrected chi connectivity index (χ1v) is 6.35. The van der Waals surface area contributed by atoms with Crippen molar-refractivity contribution in [2.75, 3.05) is 5.88 Å². The van der Waals surface area contributed by atoms with Crippen molar-refractivity contribution in [2.45, 2.75) is 6.42 Å². The van der Waals surface area contributed by atoms with E-state index in [4.69, 9.17) is 23.2 Å². The summed E-state index contributed by atoms with van der Waals surface area (Å²) in [4.78, 5) is 4.49. The molecule has 0 aliphatic rings. The Kier molecular flexibility index (Phi) is 3.62. The van der Waals surface area contributed by atoms with Gasteiger partial charge in [-0.25, -0.2) is 4.98 Å². The Morgan fingerprint density at radius 3 is 2.60 bits per heavy atom. The van der Waals surface area contributed by atoms with Crippen LogP contribution in [0, 0.1) is 0 Å². The molecule has 0 amide bonds. The maximum absolute atomic E-state index is 5.82. The number of benzene rings is 1. The van der Waals surface area contributed by atoms with Gasteiger partial charge in [-0.1, -0.05) is 23.7 Å². The van der Waals surface area contributed by atoms with Gasteiger partial charge < -0.3 is 0 Å². The first kappa shape index (κ1) is 10.9. The van der Waals surface area contributed by atoms with E-state index in [9.17, 15) is 0 Å². The van der Waals surface area contributed by atoms with E-state index >= 15 is 0 Å². The standard InChI is InChI=1S/C11H9Cl2NS/c12-6-5-10-7-15-11(14-10)8-1-3-9(13)4-2-8/h1-4,7H,5-6H2. The van der Waals surface area contributed by atoms with Crippen LogP contribution in [0.4, 0.5) is 0 Å². The molecule has 1 aromatic carbocycles. The lowest BCUT2D eigenvalue weighted by molar-refractivity contribution is 1.07. The Morgan fingerprint density at radius 1 is 1.20 bits per heavy atom. The number of rotatable bonds is 3. The fourth-order valence-electron chi connectivity index (χ4n) is 1.24. The minimum Gasteiger partial charge on any atom is -0.241 e. The number of halogens is 2. The summed E-state index contributed by atoms with van der Waals surface area (Å²) in [6.45, 7) is 0. The monoisotopic (exact) mass is 257 g/mol. The Hall–Kier alpha value is -0.570. The van der Waals surface area contributed by atoms with E-state index < -0.39 is 0 Å². The van der Waals surface area contributed by atoms with E-state index in [0.717, 1.165) is 27.7 Å². The quantitative estimate of drug-likeness (QED) is 0.750. The fourth-order valence-corrected chi connectivity index (χ4v) is 2.42. The fraction of sp³-hybridized carbons (Fsp3) is 0.182. The summed E-state index contributed by atoms with van der Waals surface area (Å²) in [7, 11) is 0. The molecule has 4 heteroatoms. The zero-order valence-corrected chi connectivity index (χ0v) is 10.2. The van der Waals surface area contributed by atoms with Gasteiger partial charge in [0.2, 0.25) is 0 Å². The molecule has 0 atom stereocenters. The predicted octanol–water partition coefficient (Wildman–Crippen LogP) is 4.24. The molecular formula is C11H9Cl2NS. The van der Waals surface area contributed by atoms with E-state index in [0.29, 0.717) is 5.88 Å². The zero-order valence-electron chi connectivity index (χ0n) is 7.91. The third-order valence-corrected chi connectivity index (χ3v) is 3.37. The Morgan fingerprint density at radius 2 is 1.93 bits per heavy atom. The third-order valence-electron chi connectivity index (χ3n) is 1.99. The molecule has 0 N–H and O–H groups in total. The lowest BCUT2D eigenvalue weighted by atomic mass is 10.2. The minimum atomic E-state index is 0.615. The van der Waals surface area contributed by atoms with Crippen LogP contribution < -0.4 is 0 Å². The normalized spacial score (nSPS) is 10.5. The summed E-state index contributed by atoms with van der Waals surface area (Å²) in [5, 5.41) is 3.81. The maximum Gasteiger partial charge on any atom is 0.123 e. The van der Waals surface area contributed by atoms with Gasteiger partial charge in [-0.05, 0) is 12.1 Å². The molecule has 0 spiro atoms. The van der Waals surface area contributed by atoms with Crippen molar-refractivity contribution in [2.24, 2.45) is 0 Å². The molecule has 2 aromatic rings. The Labute approximate surface area is 103 Å². The van der Waals surface area contributed by atoms with E-state index in [-0.39, 0.29) is 0 Å². The minimum absolute atomic E-state index is 0.615. The third kappa shape index (κ3) is 2.71. The van der Waals surface area contributed by atoms with Crippen LogP contribution in [0.3, 0.4) is 0 Å². The number of nitrogens with zero attached hydrogens (tertiary/aromatic N) is 1. The SMILES string of the molecule is ClCCc1csc(-c2ccc(Cl)cc2)n1. The van der Waals surface area contributed by atoms with Gasteiger partial charge in [-0.3, -0.25) is 0 Å². The highest BCUT2D eigenvalue weighted by Gasteiger charge is 2.03. The molecule has 0 fully saturated rings. The van der Waals surface area contributed by atoms with Gasteiger partial charge in [0.05, 0.1) is 5.69 Å². The first-order valence-electron chi connectivity index (χ1n) is 4.56. The van der Waals surface area contributed by atoms with Crippen LogP contribution in [-0.2, 0) is 6.42 Å². The maximum atomic E-state index is 5.82. The Balaban J connectivity index is 2.25. The number of aryl methyl sites for hydroxylation is 1. The smallest absolute Gasteiger partial charge is 0.123 e. The molecule has 0 unspecified atom stereocenters. The van der Waals surface area contributed by atoms with E-state index in [1.54, 1.807) is 11.3 Å². The van der Waals surface area contributed by atoms with Gasteiger partial charge in [0.25, 0.3) is 0 Å². The van der Waals surface area contributed by atoms with Gasteiger partial charge in [0.15, 0.2) is 0 Å². The van der Waals surface area contributed by atoms with Crippen LogP contribution in [0.5, 0.6) is 0 Å². The molecule has 0 saturated carbocycles. The van der Waals surface area contributed by atoms with Gasteiger partial charge in [-0.15, -0.1) is 22.9 Å². The average Bonchev–Trinajstić information content (AvgIpc) is 2.68. The largest absolute Gasteiger partial charge is 0.241 e. The predicted molar refractivity (Wildman–Crippen MR) is 67.0 cm³/mol. The van der Waals surface area contributed by atoms with Crippen LogP contribution in [-0.4, -0.2) is 10.9 Å². The van der Waals surface area contributed by atoms with Crippen LogP contribution in [0.15, 0.2) is 29.6 Å². The summed E-state index contributed by atoms with van der Waals surface area (Å²) in [6.07, 6.45) is 0.825. The Bertz CT molecular complexity index is 436. The van der Waals surface area contributed by atoms with Crippen molar-refractivity contribution >= 4 is 34.5 Å². The van der Waals surface area contributed by atoms with Gasteiger partial charge >= 0.3 is 0 Å². The lowest BCUT2D eigenvalue weighted by Crippen LogP contribution is -1.85. The van der Waals surface area contributed by atoms with Gasteiger partial charge in [0, 0.05) is 28.3 Å². The van der Waals surface area contributed by atoms with Crippen LogP contribution in [0.2, 0.25) is 5.02 Å². The summed E-state index contributed by atoms with van der Waals surface area (Å²) >= 11 is 13.1. The number of alkyl halides is 1. The second kappa shape index (κ2) is 4.97. The van der Waals surface area contributed by atoms with Gasteiger partial charge in [-0.2, -0.15) is 0 Å². The molecular weight excluding hydrogens is 249 g/mol. The molecule has 0 saturated heterocycles. The molecule has 1 aromatic heterocycles. The van der Waals surface area contributed by atoms with Crippen molar-refractivity contribution in [3.8, 4) is 10.6 Å². The van der Waals surface area contributed by atoms with Crippen LogP contribution in [0.1, 0.15) is 5.69 Å².